The Kier molecular flexibility index (Phi) is 2.93. The zero-order valence-corrected chi connectivity index (χ0v) is 10.1. The molecule has 92 valence electrons. The van der Waals surface area contributed by atoms with Gasteiger partial charge in [-0.3, -0.25) is 0 Å². The predicted octanol–water partition coefficient (Wildman–Crippen LogP) is 1.33. The van der Waals surface area contributed by atoms with E-state index in [9.17, 15) is 0 Å². The first-order chi connectivity index (χ1) is 9.40. The molecule has 0 fully saturated rings. The second kappa shape index (κ2) is 4.88. The number of rotatable bonds is 1. The molecule has 19 heavy (non-hydrogen) atoms. The van der Waals surface area contributed by atoms with Crippen molar-refractivity contribution in [2.75, 3.05) is 6.54 Å². The van der Waals surface area contributed by atoms with Crippen LogP contribution in [0.1, 0.15) is 5.56 Å². The number of aromatic nitrogens is 4. The summed E-state index contributed by atoms with van der Waals surface area (Å²) in [5.74, 6) is 5.93. The van der Waals surface area contributed by atoms with E-state index in [-0.39, 0.29) is 0 Å². The summed E-state index contributed by atoms with van der Waals surface area (Å²) in [4.78, 5) is 15.6. The molecular weight excluding hydrogens is 238 g/mol. The molecule has 0 radical (unpaired) electrons. The maximum atomic E-state index is 5.43. The van der Waals surface area contributed by atoms with Crippen molar-refractivity contribution in [2.24, 2.45) is 5.73 Å². The van der Waals surface area contributed by atoms with Gasteiger partial charge < -0.3 is 10.7 Å². The number of aromatic amines is 1. The van der Waals surface area contributed by atoms with Crippen LogP contribution >= 0.6 is 0 Å². The molecule has 3 N–H and O–H groups in total. The van der Waals surface area contributed by atoms with Crippen molar-refractivity contribution in [3.05, 3.63) is 42.6 Å². The first-order valence-electron chi connectivity index (χ1n) is 5.81. The Morgan fingerprint density at radius 3 is 2.95 bits per heavy atom. The smallest absolute Gasteiger partial charge is 0.139 e. The van der Waals surface area contributed by atoms with E-state index in [1.54, 1.807) is 12.4 Å². The van der Waals surface area contributed by atoms with Crippen LogP contribution in [0.25, 0.3) is 22.3 Å². The van der Waals surface area contributed by atoms with Gasteiger partial charge in [0.25, 0.3) is 0 Å². The fourth-order valence-corrected chi connectivity index (χ4v) is 1.96. The molecule has 0 aromatic carbocycles. The van der Waals surface area contributed by atoms with Gasteiger partial charge in [0.05, 0.1) is 12.2 Å². The lowest BCUT2D eigenvalue weighted by Gasteiger charge is -1.99. The molecule has 0 aliphatic carbocycles. The number of hydrogen-bond acceptors (Lipinski definition) is 4. The van der Waals surface area contributed by atoms with Gasteiger partial charge in [-0.2, -0.15) is 0 Å². The molecule has 0 saturated carbocycles. The molecule has 0 atom stereocenters. The molecule has 0 amide bonds. The van der Waals surface area contributed by atoms with Crippen molar-refractivity contribution in [3.8, 4) is 23.1 Å². The van der Waals surface area contributed by atoms with E-state index in [4.69, 9.17) is 5.73 Å². The van der Waals surface area contributed by atoms with Gasteiger partial charge in [0.2, 0.25) is 0 Å². The van der Waals surface area contributed by atoms with Crippen molar-refractivity contribution in [3.63, 3.8) is 0 Å². The van der Waals surface area contributed by atoms with E-state index in [0.29, 0.717) is 6.54 Å². The molecule has 0 aliphatic heterocycles. The summed E-state index contributed by atoms with van der Waals surface area (Å²) in [5, 5.41) is 0.960. The maximum Gasteiger partial charge on any atom is 0.139 e. The van der Waals surface area contributed by atoms with Crippen LogP contribution in [0, 0.1) is 11.8 Å². The number of pyridine rings is 1. The van der Waals surface area contributed by atoms with Crippen LogP contribution in [0.5, 0.6) is 0 Å². The first-order valence-corrected chi connectivity index (χ1v) is 5.81. The third-order valence-electron chi connectivity index (χ3n) is 2.76. The number of fused-ring (bicyclic) bond motifs is 1. The summed E-state index contributed by atoms with van der Waals surface area (Å²) < 4.78 is 0. The predicted molar refractivity (Wildman–Crippen MR) is 73.1 cm³/mol. The lowest BCUT2D eigenvalue weighted by molar-refractivity contribution is 1.17. The van der Waals surface area contributed by atoms with Gasteiger partial charge in [0, 0.05) is 35.1 Å². The summed E-state index contributed by atoms with van der Waals surface area (Å²) in [6, 6.07) is 3.74. The number of nitrogens with two attached hydrogens (primary N) is 1. The van der Waals surface area contributed by atoms with Gasteiger partial charge in [-0.15, -0.1) is 0 Å². The Morgan fingerprint density at radius 1 is 1.21 bits per heavy atom. The van der Waals surface area contributed by atoms with Crippen LogP contribution in [0.4, 0.5) is 0 Å². The molecule has 3 aromatic rings. The normalized spacial score (nSPS) is 10.2. The quantitative estimate of drug-likeness (QED) is 0.637. The van der Waals surface area contributed by atoms with E-state index in [1.807, 2.05) is 18.3 Å². The van der Waals surface area contributed by atoms with Crippen molar-refractivity contribution in [2.45, 2.75) is 0 Å². The van der Waals surface area contributed by atoms with Crippen molar-refractivity contribution in [1.29, 1.82) is 0 Å². The van der Waals surface area contributed by atoms with Gasteiger partial charge in [-0.1, -0.05) is 11.8 Å². The summed E-state index contributed by atoms with van der Waals surface area (Å²) in [5.41, 5.74) is 8.91. The molecular formula is C14H11N5. The minimum Gasteiger partial charge on any atom is -0.345 e. The van der Waals surface area contributed by atoms with Gasteiger partial charge in [0.1, 0.15) is 12.0 Å². The van der Waals surface area contributed by atoms with Crippen LogP contribution in [0.2, 0.25) is 0 Å². The maximum absolute atomic E-state index is 5.43. The summed E-state index contributed by atoms with van der Waals surface area (Å²) >= 11 is 0. The fourth-order valence-electron chi connectivity index (χ4n) is 1.96. The van der Waals surface area contributed by atoms with Crippen molar-refractivity contribution < 1.29 is 0 Å². The molecule has 5 heteroatoms. The molecule has 0 aliphatic rings. The fraction of sp³-hybridized carbons (Fsp3) is 0.0714. The average molecular weight is 249 g/mol. The highest BCUT2D eigenvalue weighted by Crippen LogP contribution is 2.28. The monoisotopic (exact) mass is 249 g/mol. The van der Waals surface area contributed by atoms with Crippen molar-refractivity contribution in [1.82, 2.24) is 19.9 Å². The number of H-pyrrole nitrogens is 1. The van der Waals surface area contributed by atoms with E-state index >= 15 is 0 Å². The topological polar surface area (TPSA) is 80.5 Å². The lowest BCUT2D eigenvalue weighted by Crippen LogP contribution is -1.93. The Labute approximate surface area is 109 Å². The standard InChI is InChI=1S/C14H11N5/c15-5-1-2-10-3-7-17-14-13(10)11(8-18-14)12-4-6-16-9-19-12/h3-4,6-9H,5,15H2,(H,17,18). The highest BCUT2D eigenvalue weighted by molar-refractivity contribution is 5.96. The average Bonchev–Trinajstić information content (AvgIpc) is 2.90. The first kappa shape index (κ1) is 11.4. The molecule has 3 rings (SSSR count). The van der Waals surface area contributed by atoms with Crippen molar-refractivity contribution >= 4 is 11.0 Å². The van der Waals surface area contributed by atoms with E-state index in [2.05, 4.69) is 31.8 Å². The van der Waals surface area contributed by atoms with E-state index < -0.39 is 0 Å². The van der Waals surface area contributed by atoms with Crippen LogP contribution in [0.15, 0.2) is 37.1 Å². The molecule has 5 nitrogen and oxygen atoms in total. The Balaban J connectivity index is 2.27. The van der Waals surface area contributed by atoms with E-state index in [1.165, 1.54) is 6.33 Å². The minimum atomic E-state index is 0.330. The Bertz CT molecular complexity index is 765. The van der Waals surface area contributed by atoms with Gasteiger partial charge in [-0.25, -0.2) is 15.0 Å². The third kappa shape index (κ3) is 2.05. The summed E-state index contributed by atoms with van der Waals surface area (Å²) in [6.45, 7) is 0.330. The molecule has 0 saturated heterocycles. The summed E-state index contributed by atoms with van der Waals surface area (Å²) in [6.07, 6.45) is 6.84. The SMILES string of the molecule is NCC#Cc1ccnc2[nH]cc(-c3ccncn3)c12. The molecule has 0 unspecified atom stereocenters. The summed E-state index contributed by atoms with van der Waals surface area (Å²) in [7, 11) is 0. The number of nitrogens with zero attached hydrogens (tertiary/aromatic N) is 3. The van der Waals surface area contributed by atoms with Crippen LogP contribution in [0.3, 0.4) is 0 Å². The second-order valence-corrected chi connectivity index (χ2v) is 3.88. The zero-order chi connectivity index (χ0) is 13.1. The second-order valence-electron chi connectivity index (χ2n) is 3.88. The lowest BCUT2D eigenvalue weighted by atomic mass is 10.1. The van der Waals surface area contributed by atoms with Gasteiger partial charge >= 0.3 is 0 Å². The molecule has 0 spiro atoms. The van der Waals surface area contributed by atoms with Gasteiger partial charge in [0.15, 0.2) is 0 Å². The van der Waals surface area contributed by atoms with E-state index in [0.717, 1.165) is 27.9 Å². The highest BCUT2D eigenvalue weighted by Gasteiger charge is 2.10. The third-order valence-corrected chi connectivity index (χ3v) is 2.76. The zero-order valence-electron chi connectivity index (χ0n) is 10.1. The van der Waals surface area contributed by atoms with Crippen LogP contribution in [-0.2, 0) is 0 Å². The number of nitrogens with one attached hydrogen (secondary N) is 1. The Morgan fingerprint density at radius 2 is 2.16 bits per heavy atom. The van der Waals surface area contributed by atoms with Crippen LogP contribution < -0.4 is 5.73 Å². The molecule has 0 bridgehead atoms. The largest absolute Gasteiger partial charge is 0.345 e. The number of hydrogen-bond donors (Lipinski definition) is 2. The minimum absolute atomic E-state index is 0.330. The van der Waals surface area contributed by atoms with Gasteiger partial charge in [-0.05, 0) is 12.1 Å². The Hall–Kier alpha value is -2.71. The molecule has 3 heterocycles. The van der Waals surface area contributed by atoms with Crippen LogP contribution in [-0.4, -0.2) is 26.5 Å². The highest BCUT2D eigenvalue weighted by atomic mass is 14.9. The molecule has 3 aromatic heterocycles.